The van der Waals surface area contributed by atoms with E-state index in [4.69, 9.17) is 0 Å². The SMILES string of the molecule is Cc1cc(C(=O)N2CCC[C@H](C(=O)Cc3ccccc3)C2)c2ccccc2n1. The van der Waals surface area contributed by atoms with Gasteiger partial charge in [-0.25, -0.2) is 0 Å². The van der Waals surface area contributed by atoms with Crippen molar-refractivity contribution in [2.75, 3.05) is 13.1 Å². The zero-order valence-electron chi connectivity index (χ0n) is 16.1. The summed E-state index contributed by atoms with van der Waals surface area (Å²) >= 11 is 0. The number of fused-ring (bicyclic) bond motifs is 1. The molecule has 0 unspecified atom stereocenters. The number of carbonyl (C=O) groups excluding carboxylic acids is 2. The number of pyridine rings is 1. The second-order valence-electron chi connectivity index (χ2n) is 7.55. The molecule has 4 nitrogen and oxygen atoms in total. The van der Waals surface area contributed by atoms with Crippen LogP contribution in [0.2, 0.25) is 0 Å². The Morgan fingerprint density at radius 3 is 2.64 bits per heavy atom. The third kappa shape index (κ3) is 3.81. The first-order valence-electron chi connectivity index (χ1n) is 9.84. The van der Waals surface area contributed by atoms with E-state index in [-0.39, 0.29) is 17.6 Å². The normalized spacial score (nSPS) is 16.9. The summed E-state index contributed by atoms with van der Waals surface area (Å²) in [6.07, 6.45) is 2.15. The predicted molar refractivity (Wildman–Crippen MR) is 110 cm³/mol. The lowest BCUT2D eigenvalue weighted by molar-refractivity contribution is -0.123. The number of carbonyl (C=O) groups is 2. The van der Waals surface area contributed by atoms with Gasteiger partial charge in [-0.2, -0.15) is 0 Å². The molecule has 2 heterocycles. The number of hydrogen-bond donors (Lipinski definition) is 0. The fraction of sp³-hybridized carbons (Fsp3) is 0.292. The minimum atomic E-state index is -0.0906. The van der Waals surface area contributed by atoms with Crippen LogP contribution < -0.4 is 0 Å². The molecule has 1 atom stereocenters. The summed E-state index contributed by atoms with van der Waals surface area (Å²) in [7, 11) is 0. The van der Waals surface area contributed by atoms with Gasteiger partial charge in [-0.15, -0.1) is 0 Å². The number of Topliss-reactive ketones (excluding diaryl/α,β-unsaturated/α-hetero) is 1. The van der Waals surface area contributed by atoms with E-state index >= 15 is 0 Å². The first-order valence-corrected chi connectivity index (χ1v) is 9.84. The molecule has 1 aliphatic rings. The number of rotatable bonds is 4. The maximum absolute atomic E-state index is 13.3. The van der Waals surface area contributed by atoms with Gasteiger partial charge >= 0.3 is 0 Å². The Morgan fingerprint density at radius 2 is 1.82 bits per heavy atom. The smallest absolute Gasteiger partial charge is 0.254 e. The van der Waals surface area contributed by atoms with Crippen LogP contribution in [0.4, 0.5) is 0 Å². The van der Waals surface area contributed by atoms with Crippen LogP contribution >= 0.6 is 0 Å². The van der Waals surface area contributed by atoms with Crippen molar-refractivity contribution in [1.29, 1.82) is 0 Å². The monoisotopic (exact) mass is 372 g/mol. The summed E-state index contributed by atoms with van der Waals surface area (Å²) in [5.41, 5.74) is 3.38. The highest BCUT2D eigenvalue weighted by atomic mass is 16.2. The van der Waals surface area contributed by atoms with Gasteiger partial charge in [-0.05, 0) is 37.5 Å². The lowest BCUT2D eigenvalue weighted by Gasteiger charge is -2.32. The van der Waals surface area contributed by atoms with Crippen LogP contribution in [0, 0.1) is 12.8 Å². The number of piperidine rings is 1. The van der Waals surface area contributed by atoms with E-state index in [1.807, 2.05) is 72.5 Å². The van der Waals surface area contributed by atoms with Crippen LogP contribution in [0.5, 0.6) is 0 Å². The number of benzene rings is 2. The molecule has 0 saturated carbocycles. The van der Waals surface area contributed by atoms with Gasteiger partial charge in [0.1, 0.15) is 5.78 Å². The zero-order chi connectivity index (χ0) is 19.5. The van der Waals surface area contributed by atoms with Crippen molar-refractivity contribution in [3.05, 3.63) is 77.5 Å². The number of likely N-dealkylation sites (tertiary alicyclic amines) is 1. The molecule has 0 spiro atoms. The first kappa shape index (κ1) is 18.4. The van der Waals surface area contributed by atoms with Crippen LogP contribution in [0.3, 0.4) is 0 Å². The summed E-state index contributed by atoms with van der Waals surface area (Å²) in [6, 6.07) is 19.4. The minimum absolute atomic E-state index is 0.00101. The molecule has 0 N–H and O–H groups in total. The van der Waals surface area contributed by atoms with Crippen molar-refractivity contribution in [2.45, 2.75) is 26.2 Å². The summed E-state index contributed by atoms with van der Waals surface area (Å²) in [4.78, 5) is 32.4. The second kappa shape index (κ2) is 7.93. The van der Waals surface area contributed by atoms with Crippen LogP contribution in [-0.2, 0) is 11.2 Å². The minimum Gasteiger partial charge on any atom is -0.338 e. The number of aromatic nitrogens is 1. The molecule has 1 fully saturated rings. The molecule has 28 heavy (non-hydrogen) atoms. The third-order valence-electron chi connectivity index (χ3n) is 5.46. The third-order valence-corrected chi connectivity index (χ3v) is 5.46. The average Bonchev–Trinajstić information content (AvgIpc) is 2.73. The van der Waals surface area contributed by atoms with Gasteiger partial charge in [0.2, 0.25) is 0 Å². The van der Waals surface area contributed by atoms with Crippen LogP contribution in [0.15, 0.2) is 60.7 Å². The summed E-state index contributed by atoms with van der Waals surface area (Å²) in [5, 5.41) is 0.871. The number of aryl methyl sites for hydroxylation is 1. The summed E-state index contributed by atoms with van der Waals surface area (Å²) in [5.74, 6) is 0.130. The van der Waals surface area contributed by atoms with E-state index in [2.05, 4.69) is 4.98 Å². The van der Waals surface area contributed by atoms with Gasteiger partial charge in [0.15, 0.2) is 0 Å². The lowest BCUT2D eigenvalue weighted by Crippen LogP contribution is -2.42. The number of para-hydroxylation sites is 1. The molecule has 1 aromatic heterocycles. The number of hydrogen-bond acceptors (Lipinski definition) is 3. The van der Waals surface area contributed by atoms with Crippen molar-refractivity contribution in [2.24, 2.45) is 5.92 Å². The lowest BCUT2D eigenvalue weighted by atomic mass is 9.90. The van der Waals surface area contributed by atoms with Crippen LogP contribution in [-0.4, -0.2) is 34.7 Å². The molecule has 2 aromatic carbocycles. The Balaban J connectivity index is 1.53. The molecule has 0 radical (unpaired) electrons. The molecule has 142 valence electrons. The van der Waals surface area contributed by atoms with Gasteiger partial charge in [0.05, 0.1) is 11.1 Å². The van der Waals surface area contributed by atoms with Gasteiger partial charge in [-0.3, -0.25) is 14.6 Å². The standard InChI is InChI=1S/C24H24N2O2/c1-17-14-21(20-11-5-6-12-22(20)25-17)24(28)26-13-7-10-19(16-26)23(27)15-18-8-3-2-4-9-18/h2-6,8-9,11-12,14,19H,7,10,13,15-16H2,1H3/t19-/m0/s1. The first-order chi connectivity index (χ1) is 13.6. The van der Waals surface area contributed by atoms with E-state index in [1.54, 1.807) is 0 Å². The highest BCUT2D eigenvalue weighted by Gasteiger charge is 2.29. The van der Waals surface area contributed by atoms with Gasteiger partial charge in [-0.1, -0.05) is 48.5 Å². The second-order valence-corrected chi connectivity index (χ2v) is 7.55. The van der Waals surface area contributed by atoms with E-state index in [0.717, 1.165) is 35.0 Å². The highest BCUT2D eigenvalue weighted by molar-refractivity contribution is 6.06. The van der Waals surface area contributed by atoms with Crippen molar-refractivity contribution >= 4 is 22.6 Å². The molecule has 1 amide bonds. The van der Waals surface area contributed by atoms with Crippen molar-refractivity contribution in [3.63, 3.8) is 0 Å². The molecule has 1 aliphatic heterocycles. The van der Waals surface area contributed by atoms with Crippen LogP contribution in [0.25, 0.3) is 10.9 Å². The Labute approximate surface area is 165 Å². The molecule has 0 aliphatic carbocycles. The number of ketones is 1. The maximum Gasteiger partial charge on any atom is 0.254 e. The Bertz CT molecular complexity index is 1010. The molecule has 0 bridgehead atoms. The molecular formula is C24H24N2O2. The maximum atomic E-state index is 13.3. The van der Waals surface area contributed by atoms with E-state index in [9.17, 15) is 9.59 Å². The van der Waals surface area contributed by atoms with Crippen molar-refractivity contribution < 1.29 is 9.59 Å². The molecule has 4 rings (SSSR count). The van der Waals surface area contributed by atoms with Crippen LogP contribution in [0.1, 0.15) is 34.5 Å². The molecule has 4 heteroatoms. The van der Waals surface area contributed by atoms with Gasteiger partial charge < -0.3 is 4.90 Å². The summed E-state index contributed by atoms with van der Waals surface area (Å²) in [6.45, 7) is 3.11. The van der Waals surface area contributed by atoms with E-state index < -0.39 is 0 Å². The van der Waals surface area contributed by atoms with Gasteiger partial charge in [0, 0.05) is 36.5 Å². The quantitative estimate of drug-likeness (QED) is 0.689. The number of amides is 1. The fourth-order valence-electron chi connectivity index (χ4n) is 4.02. The molecule has 3 aromatic rings. The Hall–Kier alpha value is -3.01. The summed E-state index contributed by atoms with van der Waals surface area (Å²) < 4.78 is 0. The average molecular weight is 372 g/mol. The molecule has 1 saturated heterocycles. The number of nitrogens with zero attached hydrogens (tertiary/aromatic N) is 2. The topological polar surface area (TPSA) is 50.3 Å². The predicted octanol–water partition coefficient (Wildman–Crippen LogP) is 4.21. The highest BCUT2D eigenvalue weighted by Crippen LogP contribution is 2.24. The largest absolute Gasteiger partial charge is 0.338 e. The fourth-order valence-corrected chi connectivity index (χ4v) is 4.02. The van der Waals surface area contributed by atoms with Crippen molar-refractivity contribution in [3.8, 4) is 0 Å². The van der Waals surface area contributed by atoms with Crippen molar-refractivity contribution in [1.82, 2.24) is 9.88 Å². The zero-order valence-corrected chi connectivity index (χ0v) is 16.1. The van der Waals surface area contributed by atoms with Gasteiger partial charge in [0.25, 0.3) is 5.91 Å². The molecular weight excluding hydrogens is 348 g/mol. The Morgan fingerprint density at radius 1 is 1.07 bits per heavy atom. The van der Waals surface area contributed by atoms with E-state index in [1.165, 1.54) is 0 Å². The Kier molecular flexibility index (Phi) is 5.20. The van der Waals surface area contributed by atoms with E-state index in [0.29, 0.717) is 25.1 Å².